The molecule has 9 heteroatoms. The maximum atomic E-state index is 14.7. The maximum Gasteiger partial charge on any atom is 0.264 e. The zero-order valence-electron chi connectivity index (χ0n) is 27.4. The topological polar surface area (TPSA) is 96.0 Å². The Bertz CT molecular complexity index is 1750. The van der Waals surface area contributed by atoms with Gasteiger partial charge in [0.1, 0.15) is 18.3 Å². The summed E-state index contributed by atoms with van der Waals surface area (Å²) < 4.78 is 35.1. The van der Waals surface area contributed by atoms with Crippen molar-refractivity contribution < 1.29 is 22.7 Å². The summed E-state index contributed by atoms with van der Waals surface area (Å²) >= 11 is 0. The largest absolute Gasteiger partial charge is 0.497 e. The van der Waals surface area contributed by atoms with Crippen molar-refractivity contribution in [1.29, 1.82) is 0 Å². The number of nitrogens with one attached hydrogen (secondary N) is 1. The summed E-state index contributed by atoms with van der Waals surface area (Å²) in [6.45, 7) is 8.88. The van der Waals surface area contributed by atoms with Crippen molar-refractivity contribution in [1.82, 2.24) is 10.2 Å². The molecule has 0 aliphatic carbocycles. The van der Waals surface area contributed by atoms with Gasteiger partial charge in [-0.1, -0.05) is 72.8 Å². The van der Waals surface area contributed by atoms with Crippen LogP contribution in [-0.2, 0) is 32.6 Å². The molecule has 0 saturated heterocycles. The average Bonchev–Trinajstić information content (AvgIpc) is 3.02. The minimum absolute atomic E-state index is 0.0527. The number of rotatable bonds is 12. The second-order valence-corrected chi connectivity index (χ2v) is 14.3. The van der Waals surface area contributed by atoms with Crippen LogP contribution in [0.5, 0.6) is 5.75 Å². The lowest BCUT2D eigenvalue weighted by atomic mass is 10.0. The summed E-state index contributed by atoms with van der Waals surface area (Å²) in [4.78, 5) is 30.3. The molecule has 0 aromatic heterocycles. The Morgan fingerprint density at radius 2 is 1.46 bits per heavy atom. The van der Waals surface area contributed by atoms with E-state index in [1.807, 2.05) is 95.3 Å². The highest BCUT2D eigenvalue weighted by atomic mass is 32.2. The number of carbonyl (C=O) groups excluding carboxylic acids is 2. The van der Waals surface area contributed by atoms with E-state index in [1.54, 1.807) is 37.4 Å². The molecule has 4 rings (SSSR count). The molecule has 0 aliphatic rings. The molecule has 0 fully saturated rings. The van der Waals surface area contributed by atoms with E-state index in [0.717, 1.165) is 21.0 Å². The van der Waals surface area contributed by atoms with Gasteiger partial charge in [-0.3, -0.25) is 13.9 Å². The minimum Gasteiger partial charge on any atom is -0.497 e. The Hall–Kier alpha value is -4.63. The molecule has 4 aromatic rings. The van der Waals surface area contributed by atoms with Crippen LogP contribution in [0.1, 0.15) is 43.0 Å². The number of methoxy groups -OCH3 is 1. The standard InChI is InChI=1S/C37H43N3O5S/c1-27-20-21-28(2)33(22-27)40(46(43,44)32-18-11-8-12-19-32)26-35(41)39(25-30-16-13-17-31(23-30)45-6)34(36(42)38-37(3,4)5)24-29-14-9-7-10-15-29/h7-23,34H,24-26H2,1-6H3,(H,38,42)/t34-/m1/s1. The van der Waals surface area contributed by atoms with E-state index in [1.165, 1.54) is 17.0 Å². The number of hydrogen-bond acceptors (Lipinski definition) is 5. The molecule has 1 atom stereocenters. The highest BCUT2D eigenvalue weighted by Crippen LogP contribution is 2.29. The number of hydrogen-bond donors (Lipinski definition) is 1. The zero-order chi connectivity index (χ0) is 33.5. The summed E-state index contributed by atoms with van der Waals surface area (Å²) in [5.74, 6) is -0.252. The number of nitrogens with zero attached hydrogens (tertiary/aromatic N) is 2. The third-order valence-electron chi connectivity index (χ3n) is 7.50. The predicted octanol–water partition coefficient (Wildman–Crippen LogP) is 6.06. The van der Waals surface area contributed by atoms with E-state index in [-0.39, 0.29) is 23.8 Å². The van der Waals surface area contributed by atoms with Crippen LogP contribution in [0.2, 0.25) is 0 Å². The molecule has 0 unspecified atom stereocenters. The number of benzene rings is 4. The lowest BCUT2D eigenvalue weighted by molar-refractivity contribution is -0.140. The quantitative estimate of drug-likeness (QED) is 0.203. The van der Waals surface area contributed by atoms with E-state index in [0.29, 0.717) is 17.0 Å². The minimum atomic E-state index is -4.17. The van der Waals surface area contributed by atoms with Crippen LogP contribution in [0.25, 0.3) is 0 Å². The number of ether oxygens (including phenoxy) is 1. The van der Waals surface area contributed by atoms with Gasteiger partial charge in [0.2, 0.25) is 11.8 Å². The fraction of sp³-hybridized carbons (Fsp3) is 0.297. The van der Waals surface area contributed by atoms with E-state index in [9.17, 15) is 18.0 Å². The van der Waals surface area contributed by atoms with E-state index in [4.69, 9.17) is 4.74 Å². The fourth-order valence-corrected chi connectivity index (χ4v) is 6.69. The predicted molar refractivity (Wildman–Crippen MR) is 182 cm³/mol. The second-order valence-electron chi connectivity index (χ2n) is 12.4. The third-order valence-corrected chi connectivity index (χ3v) is 9.27. The SMILES string of the molecule is COc1cccc(CN(C(=O)CN(c2cc(C)ccc2C)S(=O)(=O)c2ccccc2)[C@H](Cc2ccccc2)C(=O)NC(C)(C)C)c1. The maximum absolute atomic E-state index is 14.7. The molecule has 8 nitrogen and oxygen atoms in total. The Morgan fingerprint density at radius 3 is 2.09 bits per heavy atom. The van der Waals surface area contributed by atoms with Crippen molar-refractivity contribution in [2.75, 3.05) is 18.0 Å². The van der Waals surface area contributed by atoms with Crippen molar-refractivity contribution in [3.05, 3.63) is 125 Å². The molecule has 0 radical (unpaired) electrons. The van der Waals surface area contributed by atoms with Gasteiger partial charge in [-0.2, -0.15) is 0 Å². The number of aryl methyl sites for hydroxylation is 2. The van der Waals surface area contributed by atoms with Crippen molar-refractivity contribution in [3.8, 4) is 5.75 Å². The molecule has 46 heavy (non-hydrogen) atoms. The van der Waals surface area contributed by atoms with Gasteiger partial charge in [0.15, 0.2) is 0 Å². The molecule has 0 aliphatic heterocycles. The Labute approximate surface area is 273 Å². The first kappa shape index (κ1) is 34.2. The summed E-state index contributed by atoms with van der Waals surface area (Å²) in [5.41, 5.74) is 2.97. The van der Waals surface area contributed by atoms with Crippen molar-refractivity contribution in [2.24, 2.45) is 0 Å². The van der Waals surface area contributed by atoms with Crippen LogP contribution in [0, 0.1) is 13.8 Å². The Kier molecular flexibility index (Phi) is 10.9. The van der Waals surface area contributed by atoms with E-state index < -0.39 is 34.1 Å². The van der Waals surface area contributed by atoms with Crippen LogP contribution in [-0.4, -0.2) is 50.4 Å². The molecule has 242 valence electrons. The molecule has 1 N–H and O–H groups in total. The van der Waals surface area contributed by atoms with Crippen molar-refractivity contribution >= 4 is 27.5 Å². The average molecular weight is 642 g/mol. The molecular weight excluding hydrogens is 598 g/mol. The van der Waals surface area contributed by atoms with Gasteiger partial charge in [0.25, 0.3) is 10.0 Å². The van der Waals surface area contributed by atoms with Crippen molar-refractivity contribution in [3.63, 3.8) is 0 Å². The number of carbonyl (C=O) groups is 2. The smallest absolute Gasteiger partial charge is 0.264 e. The second kappa shape index (κ2) is 14.6. The highest BCUT2D eigenvalue weighted by molar-refractivity contribution is 7.92. The molecule has 0 heterocycles. The summed E-state index contributed by atoms with van der Waals surface area (Å²) in [5, 5.41) is 3.05. The molecule has 4 aromatic carbocycles. The van der Waals surface area contributed by atoms with Crippen LogP contribution >= 0.6 is 0 Å². The summed E-state index contributed by atoms with van der Waals surface area (Å²) in [6.07, 6.45) is 0.230. The molecule has 0 saturated carbocycles. The first-order valence-corrected chi connectivity index (χ1v) is 16.7. The first-order chi connectivity index (χ1) is 21.8. The highest BCUT2D eigenvalue weighted by Gasteiger charge is 2.36. The van der Waals surface area contributed by atoms with Gasteiger partial charge < -0.3 is 15.0 Å². The number of anilines is 1. The number of sulfonamides is 1. The fourth-order valence-electron chi connectivity index (χ4n) is 5.20. The molecule has 0 bridgehead atoms. The van der Waals surface area contributed by atoms with Gasteiger partial charge in [0, 0.05) is 18.5 Å². The molecule has 2 amide bonds. The van der Waals surface area contributed by atoms with Gasteiger partial charge in [-0.15, -0.1) is 0 Å². The van der Waals surface area contributed by atoms with E-state index in [2.05, 4.69) is 5.32 Å². The van der Waals surface area contributed by atoms with Crippen LogP contribution in [0.4, 0.5) is 5.69 Å². The van der Waals surface area contributed by atoms with Crippen LogP contribution in [0.15, 0.2) is 108 Å². The normalized spacial score (nSPS) is 12.2. The number of amides is 2. The Morgan fingerprint density at radius 1 is 0.826 bits per heavy atom. The van der Waals surface area contributed by atoms with Gasteiger partial charge in [-0.05, 0) is 87.2 Å². The van der Waals surface area contributed by atoms with Crippen LogP contribution in [0.3, 0.4) is 0 Å². The monoisotopic (exact) mass is 641 g/mol. The van der Waals surface area contributed by atoms with E-state index >= 15 is 0 Å². The Balaban J connectivity index is 1.85. The lowest BCUT2D eigenvalue weighted by Crippen LogP contribution is -2.56. The van der Waals surface area contributed by atoms with Gasteiger partial charge >= 0.3 is 0 Å². The van der Waals surface area contributed by atoms with Crippen LogP contribution < -0.4 is 14.4 Å². The van der Waals surface area contributed by atoms with Gasteiger partial charge in [-0.25, -0.2) is 8.42 Å². The third kappa shape index (κ3) is 8.75. The van der Waals surface area contributed by atoms with Crippen molar-refractivity contribution in [2.45, 2.75) is 64.1 Å². The molecule has 0 spiro atoms. The summed E-state index contributed by atoms with van der Waals surface area (Å²) in [6, 6.07) is 29.4. The lowest BCUT2D eigenvalue weighted by Gasteiger charge is -2.35. The zero-order valence-corrected chi connectivity index (χ0v) is 28.2. The first-order valence-electron chi connectivity index (χ1n) is 15.2. The summed E-state index contributed by atoms with van der Waals surface area (Å²) in [7, 11) is -2.61. The van der Waals surface area contributed by atoms with Gasteiger partial charge in [0.05, 0.1) is 17.7 Å². The molecular formula is C37H43N3O5S.